The van der Waals surface area contributed by atoms with Crippen molar-refractivity contribution < 1.29 is 22.7 Å². The smallest absolute Gasteiger partial charge is 0.378 e. The number of carbonyl (C=O) groups excluding carboxylic acids is 1. The van der Waals surface area contributed by atoms with Crippen molar-refractivity contribution in [1.82, 2.24) is 29.5 Å². The first-order valence-electron chi connectivity index (χ1n) is 12.3. The largest absolute Gasteiger partial charge is 0.435 e. The molecule has 4 N–H and O–H groups in total. The molecule has 1 aromatic carbocycles. The van der Waals surface area contributed by atoms with Crippen LogP contribution in [0.25, 0.3) is 16.9 Å². The number of benzene rings is 1. The topological polar surface area (TPSA) is 124 Å². The first kappa shape index (κ1) is 27.8. The van der Waals surface area contributed by atoms with Crippen molar-refractivity contribution in [3.8, 4) is 11.3 Å². The van der Waals surface area contributed by atoms with Crippen LogP contribution in [0.15, 0.2) is 55.6 Å². The first-order chi connectivity index (χ1) is 18.8. The Kier molecular flexibility index (Phi) is 8.62. The highest BCUT2D eigenvalue weighted by Crippen LogP contribution is 2.37. The molecule has 1 amide bonds. The van der Waals surface area contributed by atoms with Crippen LogP contribution in [-0.2, 0) is 23.9 Å². The van der Waals surface area contributed by atoms with Crippen LogP contribution in [0, 0.1) is 0 Å². The zero-order valence-electron chi connectivity index (χ0n) is 21.3. The second-order valence-electron chi connectivity index (χ2n) is 8.52. The number of nitrogens with two attached hydrogens (primary N) is 1. The van der Waals surface area contributed by atoms with Crippen LogP contribution < -0.4 is 16.4 Å². The van der Waals surface area contributed by atoms with Crippen molar-refractivity contribution in [3.05, 3.63) is 72.5 Å². The van der Waals surface area contributed by atoms with Crippen molar-refractivity contribution in [2.45, 2.75) is 26.1 Å². The van der Waals surface area contributed by atoms with E-state index in [1.54, 1.807) is 12.1 Å². The Balaban J connectivity index is 1.60. The molecule has 0 bridgehead atoms. The van der Waals surface area contributed by atoms with Crippen LogP contribution in [0.4, 0.5) is 24.7 Å². The number of nitrogens with zero attached hydrogens (tertiary/aromatic N) is 5. The molecule has 3 aromatic heterocycles. The van der Waals surface area contributed by atoms with E-state index in [0.29, 0.717) is 55.4 Å². The van der Waals surface area contributed by atoms with E-state index < -0.39 is 11.9 Å². The molecule has 13 heteroatoms. The minimum absolute atomic E-state index is 0.105. The minimum Gasteiger partial charge on any atom is -0.378 e. The number of nitrogens with one attached hydrogen (secondary N) is 2. The lowest BCUT2D eigenvalue weighted by atomic mass is 10.0. The molecule has 4 rings (SSSR count). The van der Waals surface area contributed by atoms with Gasteiger partial charge in [-0.15, -0.1) is 6.58 Å². The Morgan fingerprint density at radius 2 is 2.08 bits per heavy atom. The van der Waals surface area contributed by atoms with Gasteiger partial charge in [0.1, 0.15) is 0 Å². The number of hydrogen-bond acceptors (Lipinski definition) is 7. The number of aryl methyl sites for hydroxylation is 1. The average molecular weight is 543 g/mol. The number of aromatic nitrogens is 5. The highest BCUT2D eigenvalue weighted by atomic mass is 19.4. The highest BCUT2D eigenvalue weighted by Gasteiger charge is 2.38. The van der Waals surface area contributed by atoms with Crippen molar-refractivity contribution in [2.24, 2.45) is 5.73 Å². The Labute approximate surface area is 222 Å². The average Bonchev–Trinajstić information content (AvgIpc) is 3.53. The summed E-state index contributed by atoms with van der Waals surface area (Å²) in [6.45, 7) is 7.20. The number of alkyl halides is 3. The zero-order chi connectivity index (χ0) is 28.0. The van der Waals surface area contributed by atoms with Crippen LogP contribution in [0.5, 0.6) is 0 Å². The number of anilines is 2. The number of allylic oxidation sites excluding steroid dienone is 1. The molecule has 0 spiro atoms. The Bertz CT molecular complexity index is 1460. The molecule has 206 valence electrons. The Hall–Kier alpha value is -4.23. The number of halogens is 3. The molecule has 39 heavy (non-hydrogen) atoms. The van der Waals surface area contributed by atoms with Gasteiger partial charge in [-0.3, -0.25) is 13.9 Å². The van der Waals surface area contributed by atoms with Gasteiger partial charge < -0.3 is 21.1 Å². The third-order valence-electron chi connectivity index (χ3n) is 5.84. The van der Waals surface area contributed by atoms with Crippen LogP contribution in [0.3, 0.4) is 0 Å². The second-order valence-corrected chi connectivity index (χ2v) is 8.52. The van der Waals surface area contributed by atoms with Gasteiger partial charge >= 0.3 is 6.18 Å². The fourth-order valence-electron chi connectivity index (χ4n) is 4.09. The molecule has 0 atom stereocenters. The molecule has 0 saturated heterocycles. The predicted molar refractivity (Wildman–Crippen MR) is 141 cm³/mol. The molecular formula is C26H29F3N8O2. The predicted octanol–water partition coefficient (Wildman–Crippen LogP) is 3.81. The van der Waals surface area contributed by atoms with E-state index >= 15 is 0 Å². The quantitative estimate of drug-likeness (QED) is 0.184. The summed E-state index contributed by atoms with van der Waals surface area (Å²) in [6, 6.07) is 5.27. The van der Waals surface area contributed by atoms with E-state index in [2.05, 4.69) is 32.3 Å². The highest BCUT2D eigenvalue weighted by molar-refractivity contribution is 5.96. The summed E-state index contributed by atoms with van der Waals surface area (Å²) in [7, 11) is 0. The summed E-state index contributed by atoms with van der Waals surface area (Å²) in [5, 5.41) is 9.70. The maximum absolute atomic E-state index is 13.7. The third kappa shape index (κ3) is 6.26. The van der Waals surface area contributed by atoms with Gasteiger partial charge in [0.2, 0.25) is 0 Å². The van der Waals surface area contributed by atoms with E-state index in [4.69, 9.17) is 10.5 Å². The van der Waals surface area contributed by atoms with Gasteiger partial charge in [0.15, 0.2) is 17.2 Å². The number of fused-ring (bicyclic) bond motifs is 1. The zero-order valence-corrected chi connectivity index (χ0v) is 21.3. The molecule has 0 unspecified atom stereocenters. The van der Waals surface area contributed by atoms with Crippen molar-refractivity contribution >= 4 is 23.1 Å². The molecular weight excluding hydrogens is 513 g/mol. The monoisotopic (exact) mass is 542 g/mol. The number of amides is 1. The first-order valence-corrected chi connectivity index (χ1v) is 12.3. The third-order valence-corrected chi connectivity index (χ3v) is 5.84. The van der Waals surface area contributed by atoms with E-state index in [-0.39, 0.29) is 23.7 Å². The summed E-state index contributed by atoms with van der Waals surface area (Å²) >= 11 is 0. The Morgan fingerprint density at radius 3 is 2.79 bits per heavy atom. The minimum atomic E-state index is -4.65. The molecule has 0 aliphatic rings. The van der Waals surface area contributed by atoms with Gasteiger partial charge in [-0.05, 0) is 30.2 Å². The summed E-state index contributed by atoms with van der Waals surface area (Å²) in [5.41, 5.74) is 6.80. The Morgan fingerprint density at radius 1 is 1.26 bits per heavy atom. The molecule has 0 radical (unpaired) electrons. The van der Waals surface area contributed by atoms with Crippen LogP contribution in [0.2, 0.25) is 0 Å². The van der Waals surface area contributed by atoms with Gasteiger partial charge in [0.25, 0.3) is 5.91 Å². The van der Waals surface area contributed by atoms with E-state index in [1.807, 2.05) is 13.0 Å². The van der Waals surface area contributed by atoms with Crippen molar-refractivity contribution in [2.75, 3.05) is 31.6 Å². The van der Waals surface area contributed by atoms with Gasteiger partial charge in [0, 0.05) is 42.9 Å². The molecule has 4 aromatic rings. The summed E-state index contributed by atoms with van der Waals surface area (Å²) in [5.74, 6) is 0.123. The maximum Gasteiger partial charge on any atom is 0.435 e. The number of ether oxygens (including phenoxy) is 1. The molecule has 10 nitrogen and oxygen atoms in total. The van der Waals surface area contributed by atoms with E-state index in [1.165, 1.54) is 39.9 Å². The SMILES string of the molecule is C=CCn1cc(-c2cnc3c(Nc4ccc(C(=O)NCCOCCN)c(CC)c4)nccn23)c(C(F)(F)F)n1. The number of hydrogen-bond donors (Lipinski definition) is 3. The van der Waals surface area contributed by atoms with Gasteiger partial charge in [-0.1, -0.05) is 13.0 Å². The van der Waals surface area contributed by atoms with Gasteiger partial charge in [-0.25, -0.2) is 9.97 Å². The summed E-state index contributed by atoms with van der Waals surface area (Å²) < 4.78 is 49.2. The van der Waals surface area contributed by atoms with Crippen LogP contribution in [-0.4, -0.2) is 56.4 Å². The fourth-order valence-corrected chi connectivity index (χ4v) is 4.09. The molecule has 0 aliphatic heterocycles. The summed E-state index contributed by atoms with van der Waals surface area (Å²) in [4.78, 5) is 21.3. The lowest BCUT2D eigenvalue weighted by Crippen LogP contribution is -2.28. The van der Waals surface area contributed by atoms with Crippen molar-refractivity contribution in [1.29, 1.82) is 0 Å². The van der Waals surface area contributed by atoms with E-state index in [9.17, 15) is 18.0 Å². The number of carbonyl (C=O) groups is 1. The van der Waals surface area contributed by atoms with Crippen LogP contribution >= 0.6 is 0 Å². The van der Waals surface area contributed by atoms with Gasteiger partial charge in [-0.2, -0.15) is 18.3 Å². The second kappa shape index (κ2) is 12.1. The lowest BCUT2D eigenvalue weighted by molar-refractivity contribution is -0.141. The van der Waals surface area contributed by atoms with E-state index in [0.717, 1.165) is 5.56 Å². The summed E-state index contributed by atoms with van der Waals surface area (Å²) in [6.07, 6.45) is 3.10. The standard InChI is InChI=1S/C26H29F3N8O2/c1-3-10-36-16-20(22(35-36)26(27,28)29)21-15-33-24-23(31-8-11-37(21)24)34-18-5-6-19(17(4-2)14-18)25(38)32-9-13-39-12-7-30/h3,5-6,8,11,14-16H,1,4,7,9-10,12-13,30H2,2H3,(H,31,34)(H,32,38). The van der Waals surface area contributed by atoms with Crippen molar-refractivity contribution in [3.63, 3.8) is 0 Å². The van der Waals surface area contributed by atoms with Crippen LogP contribution in [0.1, 0.15) is 28.5 Å². The normalized spacial score (nSPS) is 11.6. The molecule has 3 heterocycles. The fraction of sp³-hybridized carbons (Fsp3) is 0.308. The molecule has 0 aliphatic carbocycles. The molecule has 0 saturated carbocycles. The number of imidazole rings is 1. The van der Waals surface area contributed by atoms with Gasteiger partial charge in [0.05, 0.1) is 37.2 Å². The molecule has 0 fully saturated rings. The lowest BCUT2D eigenvalue weighted by Gasteiger charge is -2.13. The number of rotatable bonds is 12. The maximum atomic E-state index is 13.7.